The van der Waals surface area contributed by atoms with Crippen molar-refractivity contribution in [1.82, 2.24) is 15.3 Å². The summed E-state index contributed by atoms with van der Waals surface area (Å²) in [6.07, 6.45) is 1.50. The summed E-state index contributed by atoms with van der Waals surface area (Å²) in [5, 5.41) is 16.6. The van der Waals surface area contributed by atoms with Crippen molar-refractivity contribution in [2.45, 2.75) is 24.0 Å². The Labute approximate surface area is 128 Å². The minimum Gasteiger partial charge on any atom is -0.391 e. The van der Waals surface area contributed by atoms with Gasteiger partial charge in [0.1, 0.15) is 11.0 Å². The predicted molar refractivity (Wildman–Crippen MR) is 84.1 cm³/mol. The van der Waals surface area contributed by atoms with Crippen LogP contribution < -0.4 is 15.5 Å². The van der Waals surface area contributed by atoms with Crippen LogP contribution in [0.25, 0.3) is 0 Å². The van der Waals surface area contributed by atoms with Gasteiger partial charge in [0.05, 0.1) is 17.0 Å². The molecule has 2 atom stereocenters. The number of nitrogens with zero attached hydrogens (tertiary/aromatic N) is 3. The number of hydrogen-bond donors (Lipinski definition) is 3. The molecule has 2 rings (SSSR count). The van der Waals surface area contributed by atoms with Crippen molar-refractivity contribution < 1.29 is 5.11 Å². The van der Waals surface area contributed by atoms with Crippen molar-refractivity contribution in [2.75, 3.05) is 43.2 Å². The molecular formula is C12H20ClN5OS. The van der Waals surface area contributed by atoms with Gasteiger partial charge in [0, 0.05) is 26.7 Å². The van der Waals surface area contributed by atoms with E-state index in [4.69, 9.17) is 11.6 Å². The molecule has 1 fully saturated rings. The normalized spacial score (nSPS) is 20.9. The van der Waals surface area contributed by atoms with Gasteiger partial charge in [0.25, 0.3) is 0 Å². The average Bonchev–Trinajstić information content (AvgIpc) is 2.46. The Morgan fingerprint density at radius 1 is 1.55 bits per heavy atom. The molecule has 0 bridgehead atoms. The van der Waals surface area contributed by atoms with Crippen molar-refractivity contribution >= 4 is 35.1 Å². The van der Waals surface area contributed by atoms with E-state index >= 15 is 0 Å². The summed E-state index contributed by atoms with van der Waals surface area (Å²) in [7, 11) is 1.76. The van der Waals surface area contributed by atoms with E-state index in [1.807, 2.05) is 6.26 Å². The first-order valence-corrected chi connectivity index (χ1v) is 8.13. The summed E-state index contributed by atoms with van der Waals surface area (Å²) in [6, 6.07) is -0.0228. The molecule has 112 valence electrons. The molecule has 0 aromatic carbocycles. The molecule has 0 radical (unpaired) electrons. The first-order valence-electron chi connectivity index (χ1n) is 6.53. The van der Waals surface area contributed by atoms with Crippen LogP contribution >= 0.6 is 23.4 Å². The second-order valence-electron chi connectivity index (χ2n) is 4.65. The number of rotatable bonds is 4. The monoisotopic (exact) mass is 317 g/mol. The van der Waals surface area contributed by atoms with Crippen LogP contribution in [0, 0.1) is 0 Å². The van der Waals surface area contributed by atoms with E-state index in [0.29, 0.717) is 11.1 Å². The second-order valence-corrected chi connectivity index (χ2v) is 5.82. The van der Waals surface area contributed by atoms with Gasteiger partial charge in [-0.25, -0.2) is 0 Å². The molecule has 6 nitrogen and oxygen atoms in total. The first-order chi connectivity index (χ1) is 9.58. The number of aromatic nitrogens is 2. The number of thioether (sulfide) groups is 1. The summed E-state index contributed by atoms with van der Waals surface area (Å²) >= 11 is 7.76. The topological polar surface area (TPSA) is 73.3 Å². The Morgan fingerprint density at radius 2 is 2.30 bits per heavy atom. The summed E-state index contributed by atoms with van der Waals surface area (Å²) in [6.45, 7) is 4.15. The van der Waals surface area contributed by atoms with Gasteiger partial charge < -0.3 is 20.6 Å². The van der Waals surface area contributed by atoms with Gasteiger partial charge >= 0.3 is 0 Å². The van der Waals surface area contributed by atoms with Crippen LogP contribution in [0.2, 0.25) is 5.15 Å². The fraction of sp³-hybridized carbons (Fsp3) is 0.667. The van der Waals surface area contributed by atoms with Gasteiger partial charge in [-0.1, -0.05) is 11.6 Å². The highest BCUT2D eigenvalue weighted by Gasteiger charge is 2.30. The van der Waals surface area contributed by atoms with Gasteiger partial charge in [0.15, 0.2) is 0 Å². The quantitative estimate of drug-likeness (QED) is 0.566. The molecule has 1 aliphatic heterocycles. The lowest BCUT2D eigenvalue weighted by atomic mass is 10.1. The van der Waals surface area contributed by atoms with E-state index in [0.717, 1.165) is 30.3 Å². The summed E-state index contributed by atoms with van der Waals surface area (Å²) < 4.78 is 0. The number of aliphatic hydroxyl groups is 1. The van der Waals surface area contributed by atoms with Crippen LogP contribution in [-0.4, -0.2) is 60.2 Å². The van der Waals surface area contributed by atoms with Gasteiger partial charge in [-0.3, -0.25) is 0 Å². The minimum absolute atomic E-state index is 0.0228. The highest BCUT2D eigenvalue weighted by molar-refractivity contribution is 7.98. The molecule has 0 spiro atoms. The number of nitrogens with one attached hydrogen (secondary N) is 2. The molecular weight excluding hydrogens is 298 g/mol. The molecule has 1 aromatic heterocycles. The molecule has 1 aliphatic rings. The smallest absolute Gasteiger partial charge is 0.225 e. The Morgan fingerprint density at radius 3 is 2.90 bits per heavy atom. The van der Waals surface area contributed by atoms with Gasteiger partial charge in [-0.05, 0) is 13.2 Å². The van der Waals surface area contributed by atoms with Crippen LogP contribution in [0.15, 0.2) is 4.90 Å². The first kappa shape index (κ1) is 15.6. The maximum Gasteiger partial charge on any atom is 0.225 e. The lowest BCUT2D eigenvalue weighted by molar-refractivity contribution is 0.150. The molecule has 8 heteroatoms. The van der Waals surface area contributed by atoms with Gasteiger partial charge in [-0.15, -0.1) is 11.8 Å². The highest BCUT2D eigenvalue weighted by atomic mass is 35.5. The Kier molecular flexibility index (Phi) is 5.31. The summed E-state index contributed by atoms with van der Waals surface area (Å²) in [5.74, 6) is 1.28. The van der Waals surface area contributed by atoms with Gasteiger partial charge in [0.2, 0.25) is 5.95 Å². The molecule has 2 heterocycles. The lowest BCUT2D eigenvalue weighted by Crippen LogP contribution is -2.56. The van der Waals surface area contributed by atoms with E-state index in [2.05, 4.69) is 25.5 Å². The number of piperazine rings is 1. The van der Waals surface area contributed by atoms with Crippen molar-refractivity contribution in [1.29, 1.82) is 0 Å². The molecule has 1 aromatic rings. The summed E-state index contributed by atoms with van der Waals surface area (Å²) in [4.78, 5) is 11.7. The SMILES string of the molecule is CNc1nc(Cl)c(SC)c(N2CCNCC2C(C)O)n1. The maximum atomic E-state index is 9.99. The van der Waals surface area contributed by atoms with Crippen molar-refractivity contribution in [2.24, 2.45) is 0 Å². The molecule has 2 unspecified atom stereocenters. The van der Waals surface area contributed by atoms with E-state index in [1.165, 1.54) is 11.8 Å². The third-order valence-electron chi connectivity index (χ3n) is 3.35. The molecule has 3 N–H and O–H groups in total. The fourth-order valence-corrected chi connectivity index (χ4v) is 3.27. The molecule has 1 saturated heterocycles. The van der Waals surface area contributed by atoms with E-state index in [-0.39, 0.29) is 6.04 Å². The van der Waals surface area contributed by atoms with Gasteiger partial charge in [-0.2, -0.15) is 9.97 Å². The molecule has 0 aliphatic carbocycles. The zero-order chi connectivity index (χ0) is 14.7. The third-order valence-corrected chi connectivity index (χ3v) is 4.52. The van der Waals surface area contributed by atoms with Crippen molar-refractivity contribution in [3.8, 4) is 0 Å². The average molecular weight is 318 g/mol. The van der Waals surface area contributed by atoms with Crippen molar-refractivity contribution in [3.63, 3.8) is 0 Å². The molecule has 0 saturated carbocycles. The van der Waals surface area contributed by atoms with Crippen LogP contribution in [0.1, 0.15) is 6.92 Å². The van der Waals surface area contributed by atoms with E-state index in [9.17, 15) is 5.11 Å². The highest BCUT2D eigenvalue weighted by Crippen LogP contribution is 2.35. The van der Waals surface area contributed by atoms with E-state index < -0.39 is 6.10 Å². The van der Waals surface area contributed by atoms with Crippen LogP contribution in [-0.2, 0) is 0 Å². The lowest BCUT2D eigenvalue weighted by Gasteiger charge is -2.39. The Balaban J connectivity index is 2.45. The molecule has 20 heavy (non-hydrogen) atoms. The van der Waals surface area contributed by atoms with Crippen LogP contribution in [0.5, 0.6) is 0 Å². The van der Waals surface area contributed by atoms with Crippen molar-refractivity contribution in [3.05, 3.63) is 5.15 Å². The minimum atomic E-state index is -0.454. The zero-order valence-electron chi connectivity index (χ0n) is 11.9. The maximum absolute atomic E-state index is 9.99. The number of halogens is 1. The van der Waals surface area contributed by atoms with E-state index in [1.54, 1.807) is 14.0 Å². The number of hydrogen-bond acceptors (Lipinski definition) is 7. The fourth-order valence-electron chi connectivity index (χ4n) is 2.31. The number of anilines is 2. The number of aliphatic hydroxyl groups excluding tert-OH is 1. The third kappa shape index (κ3) is 3.11. The largest absolute Gasteiger partial charge is 0.391 e. The Bertz CT molecular complexity index is 473. The van der Waals surface area contributed by atoms with Crippen LogP contribution in [0.4, 0.5) is 11.8 Å². The van der Waals surface area contributed by atoms with Crippen LogP contribution in [0.3, 0.4) is 0 Å². The zero-order valence-corrected chi connectivity index (χ0v) is 13.4. The standard InChI is InChI=1S/C12H20ClN5OS/c1-7(19)8-6-15-4-5-18(8)11-9(20-3)10(13)16-12(14-2)17-11/h7-8,15,19H,4-6H2,1-3H3,(H,14,16,17). The second kappa shape index (κ2) is 6.80. The summed E-state index contributed by atoms with van der Waals surface area (Å²) in [5.41, 5.74) is 0. The molecule has 0 amide bonds. The predicted octanol–water partition coefficient (Wildman–Crippen LogP) is 1.05. The Hall–Kier alpha value is -0.760.